The van der Waals surface area contributed by atoms with Gasteiger partial charge < -0.3 is 0 Å². The average Bonchev–Trinajstić information content (AvgIpc) is 1.25. The van der Waals surface area contributed by atoms with Crippen LogP contribution < -0.4 is 0 Å². The van der Waals surface area contributed by atoms with E-state index in [4.69, 9.17) is 23.2 Å². The van der Waals surface area contributed by atoms with Crippen molar-refractivity contribution in [3.63, 3.8) is 0 Å². The van der Waals surface area contributed by atoms with Crippen LogP contribution in [0.15, 0.2) is 23.2 Å². The molecule has 0 unspecified atom stereocenters. The van der Waals surface area contributed by atoms with Crippen LogP contribution in [0.4, 0.5) is 0 Å². The molecule has 0 aromatic rings. The largest absolute Gasteiger partial charge is 0.0901 e. The maximum absolute atomic E-state index is 5.08. The Labute approximate surface area is 60.8 Å². The molecule has 0 rings (SSSR count). The first-order chi connectivity index (χ1) is 3.46. The first-order valence-electron chi connectivity index (χ1n) is 2.09. The Balaban J connectivity index is 0. The van der Waals surface area contributed by atoms with E-state index in [0.717, 1.165) is 0 Å². The van der Waals surface area contributed by atoms with E-state index in [9.17, 15) is 0 Å². The normalized spacial score (nSPS) is 6.50. The van der Waals surface area contributed by atoms with Gasteiger partial charge in [0, 0.05) is 10.1 Å². The number of allylic oxidation sites excluding steroid dienone is 2. The van der Waals surface area contributed by atoms with Gasteiger partial charge in [0.05, 0.1) is 0 Å². The second-order valence-corrected chi connectivity index (χ2v) is 2.64. The van der Waals surface area contributed by atoms with Gasteiger partial charge in [-0.15, -0.1) is 0 Å². The lowest BCUT2D eigenvalue weighted by atomic mass is 10.8. The van der Waals surface area contributed by atoms with Crippen LogP contribution in [0.1, 0.15) is 13.8 Å². The molecule has 2 heteroatoms. The summed E-state index contributed by atoms with van der Waals surface area (Å²) in [6, 6.07) is 0. The molecule has 0 saturated carbocycles. The van der Waals surface area contributed by atoms with E-state index in [2.05, 4.69) is 13.2 Å². The molecule has 0 saturated heterocycles. The minimum atomic E-state index is 0.639. The van der Waals surface area contributed by atoms with Crippen LogP contribution in [0.2, 0.25) is 0 Å². The van der Waals surface area contributed by atoms with Crippen molar-refractivity contribution in [2.45, 2.75) is 13.8 Å². The first-order valence-corrected chi connectivity index (χ1v) is 2.84. The molecule has 0 aliphatic heterocycles. The summed E-state index contributed by atoms with van der Waals surface area (Å²) >= 11 is 10.2. The van der Waals surface area contributed by atoms with Gasteiger partial charge >= 0.3 is 0 Å². The Morgan fingerprint density at radius 3 is 1.00 bits per heavy atom. The van der Waals surface area contributed by atoms with Crippen molar-refractivity contribution < 1.29 is 0 Å². The lowest BCUT2D eigenvalue weighted by Crippen LogP contribution is -1.34. The van der Waals surface area contributed by atoms with E-state index in [1.54, 1.807) is 13.8 Å². The van der Waals surface area contributed by atoms with Gasteiger partial charge in [-0.25, -0.2) is 0 Å². The van der Waals surface area contributed by atoms with Crippen LogP contribution in [0.5, 0.6) is 0 Å². The van der Waals surface area contributed by atoms with Crippen molar-refractivity contribution in [3.8, 4) is 0 Å². The maximum Gasteiger partial charge on any atom is 0.00778 e. The SMILES string of the molecule is C=C(C)Cl.C=C(C)Cl. The number of halogens is 2. The van der Waals surface area contributed by atoms with Crippen molar-refractivity contribution >= 4 is 23.2 Å². The van der Waals surface area contributed by atoms with Crippen molar-refractivity contribution in [2.75, 3.05) is 0 Å². The summed E-state index contributed by atoms with van der Waals surface area (Å²) in [4.78, 5) is 0. The topological polar surface area (TPSA) is 0 Å². The highest BCUT2D eigenvalue weighted by molar-refractivity contribution is 6.29. The Morgan fingerprint density at radius 2 is 1.00 bits per heavy atom. The van der Waals surface area contributed by atoms with E-state index in [-0.39, 0.29) is 0 Å². The molecule has 0 aliphatic rings. The van der Waals surface area contributed by atoms with Gasteiger partial charge in [0.2, 0.25) is 0 Å². The van der Waals surface area contributed by atoms with Gasteiger partial charge in [-0.3, -0.25) is 0 Å². The molecular formula is C6H10Cl2. The fourth-order valence-electron chi connectivity index (χ4n) is 0. The Morgan fingerprint density at radius 1 is 1.00 bits per heavy atom. The van der Waals surface area contributed by atoms with Crippen LogP contribution in [-0.2, 0) is 0 Å². The molecule has 0 nitrogen and oxygen atoms in total. The van der Waals surface area contributed by atoms with E-state index < -0.39 is 0 Å². The van der Waals surface area contributed by atoms with Crippen LogP contribution in [0, 0.1) is 0 Å². The van der Waals surface area contributed by atoms with Gasteiger partial charge in [-0.1, -0.05) is 36.4 Å². The fraction of sp³-hybridized carbons (Fsp3) is 0.333. The van der Waals surface area contributed by atoms with E-state index >= 15 is 0 Å². The highest BCUT2D eigenvalue weighted by Gasteiger charge is 1.56. The quantitative estimate of drug-likeness (QED) is 0.499. The minimum Gasteiger partial charge on any atom is -0.0901 e. The predicted molar refractivity (Wildman–Crippen MR) is 41.3 cm³/mol. The third-order valence-electron chi connectivity index (χ3n) is 0. The zero-order valence-corrected chi connectivity index (χ0v) is 6.68. The Kier molecular flexibility index (Phi) is 9.65. The zero-order valence-electron chi connectivity index (χ0n) is 5.17. The van der Waals surface area contributed by atoms with E-state index in [0.29, 0.717) is 10.1 Å². The molecule has 0 spiro atoms. The summed E-state index contributed by atoms with van der Waals surface area (Å²) in [5, 5.41) is 1.28. The minimum absolute atomic E-state index is 0.639. The van der Waals surface area contributed by atoms with Gasteiger partial charge in [0.1, 0.15) is 0 Å². The van der Waals surface area contributed by atoms with Crippen LogP contribution >= 0.6 is 23.2 Å². The van der Waals surface area contributed by atoms with Gasteiger partial charge in [0.15, 0.2) is 0 Å². The van der Waals surface area contributed by atoms with Crippen molar-refractivity contribution in [1.29, 1.82) is 0 Å². The monoisotopic (exact) mass is 152 g/mol. The molecule has 0 aromatic carbocycles. The summed E-state index contributed by atoms with van der Waals surface area (Å²) in [6.45, 7) is 10.1. The molecule has 48 valence electrons. The Bertz CT molecular complexity index is 64.5. The molecular weight excluding hydrogens is 143 g/mol. The van der Waals surface area contributed by atoms with Crippen molar-refractivity contribution in [2.24, 2.45) is 0 Å². The van der Waals surface area contributed by atoms with Gasteiger partial charge in [0.25, 0.3) is 0 Å². The fourth-order valence-corrected chi connectivity index (χ4v) is 0. The molecule has 8 heavy (non-hydrogen) atoms. The summed E-state index contributed by atoms with van der Waals surface area (Å²) in [6.07, 6.45) is 0. The zero-order chi connectivity index (χ0) is 7.15. The van der Waals surface area contributed by atoms with Crippen LogP contribution in [0.3, 0.4) is 0 Å². The maximum atomic E-state index is 5.08. The molecule has 0 fully saturated rings. The summed E-state index contributed by atoms with van der Waals surface area (Å²) in [5.41, 5.74) is 0. The smallest absolute Gasteiger partial charge is 0.00778 e. The molecule has 0 heterocycles. The number of rotatable bonds is 0. The molecule has 0 aromatic heterocycles. The highest BCUT2D eigenvalue weighted by Crippen LogP contribution is 1.88. The molecule has 0 radical (unpaired) electrons. The molecule has 0 aliphatic carbocycles. The second kappa shape index (κ2) is 7.06. The Hall–Kier alpha value is 0.0600. The lowest BCUT2D eigenvalue weighted by Gasteiger charge is -1.61. The van der Waals surface area contributed by atoms with Gasteiger partial charge in [-0.2, -0.15) is 0 Å². The average molecular weight is 153 g/mol. The molecule has 0 N–H and O–H groups in total. The third kappa shape index (κ3) is 43100. The standard InChI is InChI=1S/2C3H5Cl/c2*1-3(2)4/h2*1H2,2H3. The second-order valence-electron chi connectivity index (χ2n) is 1.35. The van der Waals surface area contributed by atoms with Crippen LogP contribution in [-0.4, -0.2) is 0 Å². The van der Waals surface area contributed by atoms with Crippen molar-refractivity contribution in [1.82, 2.24) is 0 Å². The van der Waals surface area contributed by atoms with E-state index in [1.165, 1.54) is 0 Å². The summed E-state index contributed by atoms with van der Waals surface area (Å²) in [7, 11) is 0. The van der Waals surface area contributed by atoms with E-state index in [1.807, 2.05) is 0 Å². The van der Waals surface area contributed by atoms with Gasteiger partial charge in [-0.05, 0) is 13.8 Å². The predicted octanol–water partition coefficient (Wildman–Crippen LogP) is 3.52. The molecule has 0 bridgehead atoms. The third-order valence-corrected chi connectivity index (χ3v) is 0. The summed E-state index contributed by atoms with van der Waals surface area (Å²) in [5.74, 6) is 0. The molecule has 0 atom stereocenters. The molecule has 0 amide bonds. The highest BCUT2D eigenvalue weighted by atomic mass is 35.5. The van der Waals surface area contributed by atoms with Crippen LogP contribution in [0.25, 0.3) is 0 Å². The number of hydrogen-bond donors (Lipinski definition) is 0. The first kappa shape index (κ1) is 10.9. The van der Waals surface area contributed by atoms with Crippen molar-refractivity contribution in [3.05, 3.63) is 23.2 Å². The summed E-state index contributed by atoms with van der Waals surface area (Å²) < 4.78 is 0. The number of hydrogen-bond acceptors (Lipinski definition) is 0. The lowest BCUT2D eigenvalue weighted by molar-refractivity contribution is 1.72.